The van der Waals surface area contributed by atoms with Crippen LogP contribution in [0.2, 0.25) is 0 Å². The molecule has 3 aromatic carbocycles. The van der Waals surface area contributed by atoms with E-state index in [1.807, 2.05) is 97.7 Å². The highest BCUT2D eigenvalue weighted by molar-refractivity contribution is 5.79. The van der Waals surface area contributed by atoms with E-state index in [2.05, 4.69) is 5.32 Å². The highest BCUT2D eigenvalue weighted by Gasteiger charge is 2.18. The second kappa shape index (κ2) is 11.2. The van der Waals surface area contributed by atoms with Gasteiger partial charge in [-0.2, -0.15) is 0 Å². The Bertz CT molecular complexity index is 941. The fraction of sp³-hybridized carbons (Fsp3) is 0.269. The molecule has 31 heavy (non-hydrogen) atoms. The van der Waals surface area contributed by atoms with E-state index < -0.39 is 0 Å². The molecular formula is C26H30N2O3. The van der Waals surface area contributed by atoms with E-state index in [1.54, 1.807) is 7.11 Å². The number of carbonyl (C=O) groups excluding carboxylic acids is 1. The summed E-state index contributed by atoms with van der Waals surface area (Å²) in [6.07, 6.45) is 0. The van der Waals surface area contributed by atoms with Gasteiger partial charge in [-0.05, 0) is 54.9 Å². The van der Waals surface area contributed by atoms with E-state index in [-0.39, 0.29) is 11.9 Å². The molecule has 1 amide bonds. The van der Waals surface area contributed by atoms with Gasteiger partial charge in [0.15, 0.2) is 0 Å². The number of nitrogens with one attached hydrogen (secondary N) is 1. The normalized spacial score (nSPS) is 11.7. The minimum atomic E-state index is -0.224. The number of ether oxygens (including phenoxy) is 2. The summed E-state index contributed by atoms with van der Waals surface area (Å²) in [5, 5.41) is 3.19. The third kappa shape index (κ3) is 6.59. The van der Waals surface area contributed by atoms with Crippen LogP contribution in [0.15, 0.2) is 78.9 Å². The lowest BCUT2D eigenvalue weighted by Crippen LogP contribution is -2.37. The molecule has 0 aliphatic carbocycles. The van der Waals surface area contributed by atoms with Gasteiger partial charge in [-0.1, -0.05) is 54.6 Å². The first-order valence-electron chi connectivity index (χ1n) is 10.5. The number of rotatable bonds is 10. The second-order valence-electron chi connectivity index (χ2n) is 7.43. The molecule has 1 N–H and O–H groups in total. The minimum absolute atomic E-state index is 0.0295. The van der Waals surface area contributed by atoms with Gasteiger partial charge in [0.25, 0.3) is 0 Å². The Morgan fingerprint density at radius 2 is 1.52 bits per heavy atom. The van der Waals surface area contributed by atoms with E-state index in [4.69, 9.17) is 9.47 Å². The van der Waals surface area contributed by atoms with Crippen molar-refractivity contribution in [2.75, 3.05) is 27.3 Å². The predicted octanol–water partition coefficient (Wildman–Crippen LogP) is 4.43. The monoisotopic (exact) mass is 418 g/mol. The Balaban J connectivity index is 1.65. The smallest absolute Gasteiger partial charge is 0.234 e. The van der Waals surface area contributed by atoms with Crippen molar-refractivity contribution in [2.45, 2.75) is 19.5 Å². The standard InChI is InChI=1S/C26H30N2O3/c1-4-31-24-14-10-20(11-15-24)18-28(2)19-25(29)27-26(21-8-6-5-7-9-21)22-12-16-23(30-3)17-13-22/h5-17,26H,4,18-19H2,1-3H3,(H,27,29)/t26-/m0/s1. The average Bonchev–Trinajstić information content (AvgIpc) is 2.79. The maximum atomic E-state index is 12.9. The summed E-state index contributed by atoms with van der Waals surface area (Å²) in [5.74, 6) is 1.62. The van der Waals surface area contributed by atoms with Gasteiger partial charge in [-0.25, -0.2) is 0 Å². The van der Waals surface area contributed by atoms with Crippen molar-refractivity contribution < 1.29 is 14.3 Å². The molecule has 3 rings (SSSR count). The van der Waals surface area contributed by atoms with Gasteiger partial charge in [0.05, 0.1) is 26.3 Å². The van der Waals surface area contributed by atoms with Crippen LogP contribution >= 0.6 is 0 Å². The first kappa shape index (κ1) is 22.4. The molecule has 0 spiro atoms. The molecule has 0 aromatic heterocycles. The second-order valence-corrected chi connectivity index (χ2v) is 7.43. The summed E-state index contributed by atoms with van der Waals surface area (Å²) in [7, 11) is 3.59. The molecule has 5 nitrogen and oxygen atoms in total. The topological polar surface area (TPSA) is 50.8 Å². The predicted molar refractivity (Wildman–Crippen MR) is 123 cm³/mol. The van der Waals surface area contributed by atoms with E-state index in [9.17, 15) is 4.79 Å². The van der Waals surface area contributed by atoms with Crippen LogP contribution < -0.4 is 14.8 Å². The SMILES string of the molecule is CCOc1ccc(CN(C)CC(=O)N[C@@H](c2ccccc2)c2ccc(OC)cc2)cc1. The third-order valence-corrected chi connectivity index (χ3v) is 4.99. The number of hydrogen-bond donors (Lipinski definition) is 1. The maximum Gasteiger partial charge on any atom is 0.234 e. The van der Waals surface area contributed by atoms with Gasteiger partial charge >= 0.3 is 0 Å². The third-order valence-electron chi connectivity index (χ3n) is 4.99. The van der Waals surface area contributed by atoms with Crippen LogP contribution in [0, 0.1) is 0 Å². The lowest BCUT2D eigenvalue weighted by atomic mass is 9.98. The highest BCUT2D eigenvalue weighted by atomic mass is 16.5. The zero-order chi connectivity index (χ0) is 22.1. The van der Waals surface area contributed by atoms with Crippen LogP contribution in [0.4, 0.5) is 0 Å². The Hall–Kier alpha value is -3.31. The number of likely N-dealkylation sites (N-methyl/N-ethyl adjacent to an activating group) is 1. The van der Waals surface area contributed by atoms with Crippen molar-refractivity contribution >= 4 is 5.91 Å². The van der Waals surface area contributed by atoms with Crippen LogP contribution in [0.3, 0.4) is 0 Å². The Kier molecular flexibility index (Phi) is 8.07. The molecule has 1 atom stereocenters. The molecular weight excluding hydrogens is 388 g/mol. The molecule has 0 bridgehead atoms. The Labute approximate surface area is 184 Å². The molecule has 0 aliphatic heterocycles. The maximum absolute atomic E-state index is 12.9. The molecule has 162 valence electrons. The van der Waals surface area contributed by atoms with Gasteiger partial charge < -0.3 is 14.8 Å². The number of carbonyl (C=O) groups is 1. The van der Waals surface area contributed by atoms with E-state index >= 15 is 0 Å². The first-order valence-corrected chi connectivity index (χ1v) is 10.5. The van der Waals surface area contributed by atoms with Crippen molar-refractivity contribution in [3.63, 3.8) is 0 Å². The van der Waals surface area contributed by atoms with Crippen LogP contribution in [-0.2, 0) is 11.3 Å². The number of nitrogens with zero attached hydrogens (tertiary/aromatic N) is 1. The molecule has 0 saturated heterocycles. The highest BCUT2D eigenvalue weighted by Crippen LogP contribution is 2.24. The van der Waals surface area contributed by atoms with Crippen LogP contribution in [-0.4, -0.2) is 38.1 Å². The van der Waals surface area contributed by atoms with Crippen molar-refractivity contribution in [3.05, 3.63) is 95.6 Å². The fourth-order valence-corrected chi connectivity index (χ4v) is 3.48. The van der Waals surface area contributed by atoms with Crippen molar-refractivity contribution in [3.8, 4) is 11.5 Å². The summed E-state index contributed by atoms with van der Waals surface area (Å²) in [6.45, 7) is 3.59. The number of methoxy groups -OCH3 is 1. The van der Waals surface area contributed by atoms with Gasteiger partial charge in [-0.15, -0.1) is 0 Å². The van der Waals surface area contributed by atoms with Gasteiger partial charge in [0, 0.05) is 6.54 Å². The van der Waals surface area contributed by atoms with Crippen LogP contribution in [0.5, 0.6) is 11.5 Å². The van der Waals surface area contributed by atoms with Crippen LogP contribution in [0.25, 0.3) is 0 Å². The quantitative estimate of drug-likeness (QED) is 0.529. The largest absolute Gasteiger partial charge is 0.497 e. The summed E-state index contributed by atoms with van der Waals surface area (Å²) in [5.41, 5.74) is 3.18. The summed E-state index contributed by atoms with van der Waals surface area (Å²) in [6, 6.07) is 25.5. The van der Waals surface area contributed by atoms with Gasteiger partial charge in [-0.3, -0.25) is 9.69 Å². The summed E-state index contributed by atoms with van der Waals surface area (Å²) < 4.78 is 10.8. The Morgan fingerprint density at radius 1 is 0.903 bits per heavy atom. The molecule has 5 heteroatoms. The van der Waals surface area contributed by atoms with Gasteiger partial charge in [0.2, 0.25) is 5.91 Å². The van der Waals surface area contributed by atoms with Crippen molar-refractivity contribution in [1.82, 2.24) is 10.2 Å². The molecule has 0 heterocycles. The van der Waals surface area contributed by atoms with Gasteiger partial charge in [0.1, 0.15) is 11.5 Å². The average molecular weight is 419 g/mol. The van der Waals surface area contributed by atoms with E-state index in [1.165, 1.54) is 0 Å². The fourth-order valence-electron chi connectivity index (χ4n) is 3.48. The summed E-state index contributed by atoms with van der Waals surface area (Å²) >= 11 is 0. The number of hydrogen-bond acceptors (Lipinski definition) is 4. The number of amides is 1. The lowest BCUT2D eigenvalue weighted by Gasteiger charge is -2.22. The van der Waals surface area contributed by atoms with E-state index in [0.29, 0.717) is 19.7 Å². The summed E-state index contributed by atoms with van der Waals surface area (Å²) in [4.78, 5) is 14.9. The molecule has 3 aromatic rings. The lowest BCUT2D eigenvalue weighted by molar-refractivity contribution is -0.122. The molecule has 0 aliphatic rings. The van der Waals surface area contributed by atoms with E-state index in [0.717, 1.165) is 28.2 Å². The van der Waals surface area contributed by atoms with Crippen LogP contribution in [0.1, 0.15) is 29.7 Å². The Morgan fingerprint density at radius 3 is 2.13 bits per heavy atom. The van der Waals surface area contributed by atoms with Crippen molar-refractivity contribution in [1.29, 1.82) is 0 Å². The minimum Gasteiger partial charge on any atom is -0.497 e. The van der Waals surface area contributed by atoms with Crippen molar-refractivity contribution in [2.24, 2.45) is 0 Å². The molecule has 0 radical (unpaired) electrons. The molecule has 0 saturated carbocycles. The number of benzene rings is 3. The molecule has 0 unspecified atom stereocenters. The zero-order valence-corrected chi connectivity index (χ0v) is 18.4. The zero-order valence-electron chi connectivity index (χ0n) is 18.4. The first-order chi connectivity index (χ1) is 15.1. The molecule has 0 fully saturated rings.